The van der Waals surface area contributed by atoms with Gasteiger partial charge in [0.05, 0.1) is 49.9 Å². The van der Waals surface area contributed by atoms with E-state index in [1.807, 2.05) is 79.0 Å². The Bertz CT molecular complexity index is 1560. The van der Waals surface area contributed by atoms with Crippen molar-refractivity contribution in [2.24, 2.45) is 0 Å². The number of aromatic nitrogens is 4. The van der Waals surface area contributed by atoms with E-state index in [9.17, 15) is 4.79 Å². The zero-order valence-corrected chi connectivity index (χ0v) is 22.5. The lowest BCUT2D eigenvalue weighted by Gasteiger charge is -2.13. The van der Waals surface area contributed by atoms with Crippen LogP contribution in [0.1, 0.15) is 21.6 Å². The molecule has 0 radical (unpaired) electrons. The highest BCUT2D eigenvalue weighted by Crippen LogP contribution is 2.28. The lowest BCUT2D eigenvalue weighted by Crippen LogP contribution is -2.08. The molecule has 0 saturated heterocycles. The fraction of sp³-hybridized carbons (Fsp3) is 0.200. The van der Waals surface area contributed by atoms with E-state index >= 15 is 0 Å². The van der Waals surface area contributed by atoms with E-state index in [2.05, 4.69) is 27.9 Å². The molecule has 0 unspecified atom stereocenters. The maximum Gasteiger partial charge on any atom is 0.169 e. The number of nitrogens with zero attached hydrogens (tertiary/aromatic N) is 5. The van der Waals surface area contributed by atoms with Gasteiger partial charge in [-0.25, -0.2) is 9.97 Å². The molecule has 3 aromatic heterocycles. The Morgan fingerprint density at radius 1 is 0.789 bits per heavy atom. The fourth-order valence-electron chi connectivity index (χ4n) is 4.08. The first-order valence-electron chi connectivity index (χ1n) is 12.1. The molecule has 8 nitrogen and oxygen atoms in total. The molecule has 5 rings (SSSR count). The quantitative estimate of drug-likeness (QED) is 0.273. The van der Waals surface area contributed by atoms with Crippen LogP contribution in [0.2, 0.25) is 0 Å². The van der Waals surface area contributed by atoms with Gasteiger partial charge in [0.15, 0.2) is 11.9 Å². The lowest BCUT2D eigenvalue weighted by molar-refractivity contribution is 0.111. The second-order valence-electron chi connectivity index (χ2n) is 8.96. The molecule has 5 aromatic rings. The summed E-state index contributed by atoms with van der Waals surface area (Å²) in [5.41, 5.74) is 8.53. The molecule has 0 fully saturated rings. The molecule has 0 saturated carbocycles. The monoisotopic (exact) mass is 509 g/mol. The number of ether oxygens (including phenoxy) is 2. The molecule has 0 aliphatic heterocycles. The molecule has 0 spiro atoms. The van der Waals surface area contributed by atoms with Gasteiger partial charge in [0, 0.05) is 31.4 Å². The van der Waals surface area contributed by atoms with Crippen molar-refractivity contribution in [1.82, 2.24) is 19.4 Å². The van der Waals surface area contributed by atoms with Gasteiger partial charge >= 0.3 is 0 Å². The number of carbonyl (C=O) groups excluding carboxylic acids is 1. The number of carbonyl (C=O) groups is 1. The summed E-state index contributed by atoms with van der Waals surface area (Å²) >= 11 is 0. The van der Waals surface area contributed by atoms with E-state index in [1.54, 1.807) is 32.8 Å². The van der Waals surface area contributed by atoms with Gasteiger partial charge in [-0.05, 0) is 73.5 Å². The Kier molecular flexibility index (Phi) is 8.01. The van der Waals surface area contributed by atoms with E-state index in [-0.39, 0.29) is 0 Å². The highest BCUT2D eigenvalue weighted by molar-refractivity contribution is 5.73. The third kappa shape index (κ3) is 5.64. The predicted octanol–water partition coefficient (Wildman–Crippen LogP) is 5.66. The van der Waals surface area contributed by atoms with E-state index in [4.69, 9.17) is 9.47 Å². The number of benzene rings is 2. The highest BCUT2D eigenvalue weighted by atomic mass is 16.5. The van der Waals surface area contributed by atoms with E-state index in [0.717, 1.165) is 51.6 Å². The number of methoxy groups -OCH3 is 2. The maximum atomic E-state index is 10.9. The largest absolute Gasteiger partial charge is 0.497 e. The van der Waals surface area contributed by atoms with Crippen LogP contribution in [0.4, 0.5) is 5.69 Å². The van der Waals surface area contributed by atoms with Crippen LogP contribution in [0.25, 0.3) is 28.2 Å². The van der Waals surface area contributed by atoms with Crippen molar-refractivity contribution in [2.45, 2.75) is 13.8 Å². The Morgan fingerprint density at radius 2 is 1.45 bits per heavy atom. The van der Waals surface area contributed by atoms with Crippen LogP contribution >= 0.6 is 0 Å². The summed E-state index contributed by atoms with van der Waals surface area (Å²) in [7, 11) is 7.34. The molecular weight excluding hydrogens is 478 g/mol. The number of fused-ring (bicyclic) bond motifs is 1. The Hall–Kier alpha value is -4.72. The van der Waals surface area contributed by atoms with Gasteiger partial charge < -0.3 is 14.4 Å². The molecule has 38 heavy (non-hydrogen) atoms. The van der Waals surface area contributed by atoms with Crippen LogP contribution in [-0.2, 0) is 0 Å². The zero-order chi connectivity index (χ0) is 27.2. The van der Waals surface area contributed by atoms with Crippen molar-refractivity contribution in [3.8, 4) is 34.0 Å². The first-order valence-corrected chi connectivity index (χ1v) is 12.1. The van der Waals surface area contributed by atoms with Crippen molar-refractivity contribution in [3.63, 3.8) is 0 Å². The smallest absolute Gasteiger partial charge is 0.169 e. The van der Waals surface area contributed by atoms with Crippen LogP contribution in [0, 0.1) is 13.8 Å². The molecule has 0 amide bonds. The molecule has 194 valence electrons. The van der Waals surface area contributed by atoms with Crippen molar-refractivity contribution < 1.29 is 14.3 Å². The van der Waals surface area contributed by atoms with Gasteiger partial charge in [-0.15, -0.1) is 0 Å². The number of aryl methyl sites for hydroxylation is 2. The average molecular weight is 510 g/mol. The predicted molar refractivity (Wildman–Crippen MR) is 150 cm³/mol. The van der Waals surface area contributed by atoms with Gasteiger partial charge in [-0.2, -0.15) is 0 Å². The normalized spacial score (nSPS) is 10.5. The number of hydrogen-bond donors (Lipinski definition) is 0. The fourth-order valence-corrected chi connectivity index (χ4v) is 4.08. The molecule has 0 aliphatic carbocycles. The zero-order valence-electron chi connectivity index (χ0n) is 22.5. The van der Waals surface area contributed by atoms with Crippen molar-refractivity contribution in [3.05, 3.63) is 90.1 Å². The first-order chi connectivity index (χ1) is 18.3. The van der Waals surface area contributed by atoms with E-state index in [0.29, 0.717) is 11.3 Å². The van der Waals surface area contributed by atoms with Crippen LogP contribution in [-0.4, -0.2) is 54.0 Å². The minimum Gasteiger partial charge on any atom is -0.497 e. The van der Waals surface area contributed by atoms with Crippen LogP contribution in [0.3, 0.4) is 0 Å². The topological polar surface area (TPSA) is 81.8 Å². The third-order valence-corrected chi connectivity index (χ3v) is 6.22. The molecular formula is C30H31N5O3. The Labute approximate surface area is 222 Å². The average Bonchev–Trinajstić information content (AvgIpc) is 3.36. The van der Waals surface area contributed by atoms with Gasteiger partial charge in [0.2, 0.25) is 0 Å². The SMILES string of the molecule is COc1ccc(-c2ccc(N(C)C)cn2)c(C)c1.COc1ccc(-c2cnc3cnc(C=O)cn23)c(C)c1. The maximum absolute atomic E-state index is 10.9. The second-order valence-corrected chi connectivity index (χ2v) is 8.96. The number of aldehydes is 1. The number of anilines is 1. The summed E-state index contributed by atoms with van der Waals surface area (Å²) in [5, 5.41) is 0. The molecule has 0 N–H and O–H groups in total. The molecule has 8 heteroatoms. The minimum atomic E-state index is 0.378. The summed E-state index contributed by atoms with van der Waals surface area (Å²) in [6, 6.07) is 16.0. The second kappa shape index (κ2) is 11.6. The van der Waals surface area contributed by atoms with Gasteiger partial charge in [-0.3, -0.25) is 14.2 Å². The van der Waals surface area contributed by atoms with Crippen molar-refractivity contribution in [2.75, 3.05) is 33.2 Å². The van der Waals surface area contributed by atoms with Gasteiger partial charge in [0.25, 0.3) is 0 Å². The number of rotatable bonds is 6. The summed E-state index contributed by atoms with van der Waals surface area (Å²) in [5.74, 6) is 1.69. The van der Waals surface area contributed by atoms with E-state index in [1.165, 1.54) is 5.56 Å². The van der Waals surface area contributed by atoms with Crippen LogP contribution in [0.15, 0.2) is 73.3 Å². The molecule has 3 heterocycles. The summed E-state index contributed by atoms with van der Waals surface area (Å²) in [6.45, 7) is 4.08. The van der Waals surface area contributed by atoms with Crippen LogP contribution in [0.5, 0.6) is 11.5 Å². The third-order valence-electron chi connectivity index (χ3n) is 6.22. The van der Waals surface area contributed by atoms with Gasteiger partial charge in [0.1, 0.15) is 17.2 Å². The summed E-state index contributed by atoms with van der Waals surface area (Å²) in [6.07, 6.45) is 7.67. The van der Waals surface area contributed by atoms with E-state index < -0.39 is 0 Å². The van der Waals surface area contributed by atoms with Crippen LogP contribution < -0.4 is 14.4 Å². The standard InChI is InChI=1S/C15H13N3O2.C15H18N2O/c1-10-5-12(20-2)3-4-13(10)14-6-17-15-7-16-11(9-19)8-18(14)15;1-11-9-13(18-4)6-7-14(11)15-8-5-12(10-16-15)17(2)3/h3-9H,1-2H3;5-10H,1-4H3. The number of hydrogen-bond acceptors (Lipinski definition) is 7. The Balaban J connectivity index is 0.000000178. The summed E-state index contributed by atoms with van der Waals surface area (Å²) < 4.78 is 12.3. The van der Waals surface area contributed by atoms with Crippen molar-refractivity contribution >= 4 is 17.6 Å². The summed E-state index contributed by atoms with van der Waals surface area (Å²) in [4.78, 5) is 25.7. The highest BCUT2D eigenvalue weighted by Gasteiger charge is 2.10. The molecule has 0 aliphatic rings. The number of imidazole rings is 1. The minimum absolute atomic E-state index is 0.378. The molecule has 0 atom stereocenters. The Morgan fingerprint density at radius 3 is 1.97 bits per heavy atom. The first kappa shape index (κ1) is 26.3. The van der Waals surface area contributed by atoms with Crippen molar-refractivity contribution in [1.29, 1.82) is 0 Å². The molecule has 0 bridgehead atoms. The number of pyridine rings is 1. The molecule has 2 aromatic carbocycles. The van der Waals surface area contributed by atoms with Gasteiger partial charge in [-0.1, -0.05) is 0 Å². The lowest BCUT2D eigenvalue weighted by atomic mass is 10.0.